The third-order valence-corrected chi connectivity index (χ3v) is 7.88. The summed E-state index contributed by atoms with van der Waals surface area (Å²) in [6.07, 6.45) is 2.19. The molecule has 1 aliphatic rings. The number of sulfone groups is 1. The minimum absolute atomic E-state index is 0.0518. The predicted molar refractivity (Wildman–Crippen MR) is 143 cm³/mol. The second-order valence-corrected chi connectivity index (χ2v) is 11.6. The van der Waals surface area contributed by atoms with Crippen molar-refractivity contribution in [3.05, 3.63) is 65.7 Å². The van der Waals surface area contributed by atoms with Gasteiger partial charge in [-0.05, 0) is 18.2 Å². The van der Waals surface area contributed by atoms with E-state index in [2.05, 4.69) is 20.3 Å². The Morgan fingerprint density at radius 3 is 2.42 bits per heavy atom. The van der Waals surface area contributed by atoms with Crippen LogP contribution in [-0.2, 0) is 20.8 Å². The first-order valence-corrected chi connectivity index (χ1v) is 14.3. The van der Waals surface area contributed by atoms with Gasteiger partial charge in [0.2, 0.25) is 5.91 Å². The van der Waals surface area contributed by atoms with Crippen LogP contribution in [0, 0.1) is 0 Å². The van der Waals surface area contributed by atoms with Crippen molar-refractivity contribution in [1.29, 1.82) is 0 Å². The Hall–Kier alpha value is -3.91. The smallest absolute Gasteiger partial charge is 0.360 e. The van der Waals surface area contributed by atoms with Crippen LogP contribution in [-0.4, -0.2) is 77.6 Å². The van der Waals surface area contributed by atoms with Gasteiger partial charge < -0.3 is 15.1 Å². The Kier molecular flexibility index (Phi) is 7.31. The van der Waals surface area contributed by atoms with E-state index in [1.807, 2.05) is 0 Å². The summed E-state index contributed by atoms with van der Waals surface area (Å²) in [5.41, 5.74) is 0.790. The molecule has 1 saturated heterocycles. The molecule has 3 aromatic heterocycles. The van der Waals surface area contributed by atoms with Crippen molar-refractivity contribution >= 4 is 44.6 Å². The molecule has 40 heavy (non-hydrogen) atoms. The largest absolute Gasteiger partial charge is 0.417 e. The number of aromatic nitrogens is 4. The number of hydrogen-bond acceptors (Lipinski definition) is 8. The van der Waals surface area contributed by atoms with Crippen LogP contribution in [0.15, 0.2) is 60.0 Å². The zero-order valence-electron chi connectivity index (χ0n) is 21.1. The second-order valence-electron chi connectivity index (χ2n) is 9.16. The summed E-state index contributed by atoms with van der Waals surface area (Å²) in [5, 5.41) is 3.06. The Labute approximate surface area is 232 Å². The van der Waals surface area contributed by atoms with Crippen molar-refractivity contribution in [1.82, 2.24) is 24.3 Å². The highest BCUT2D eigenvalue weighted by Crippen LogP contribution is 2.34. The van der Waals surface area contributed by atoms with Crippen LogP contribution in [0.25, 0.3) is 16.9 Å². The molecule has 0 aliphatic carbocycles. The molecule has 1 fully saturated rings. The van der Waals surface area contributed by atoms with Crippen LogP contribution < -0.4 is 10.2 Å². The maximum Gasteiger partial charge on any atom is 0.417 e. The van der Waals surface area contributed by atoms with Gasteiger partial charge in [-0.3, -0.25) is 14.2 Å². The number of piperazine rings is 1. The first-order chi connectivity index (χ1) is 18.9. The number of carbonyl (C=O) groups is 1. The number of nitrogens with zero attached hydrogens (tertiary/aromatic N) is 6. The number of nitrogens with one attached hydrogen (secondary N) is 1. The molecular weight excluding hydrogens is 571 g/mol. The Morgan fingerprint density at radius 1 is 1.10 bits per heavy atom. The van der Waals surface area contributed by atoms with Gasteiger partial charge in [0.1, 0.15) is 17.3 Å². The highest BCUT2D eigenvalue weighted by molar-refractivity contribution is 7.90. The molecule has 4 heterocycles. The highest BCUT2D eigenvalue weighted by Gasteiger charge is 2.32. The fourth-order valence-electron chi connectivity index (χ4n) is 4.39. The number of imidazole rings is 1. The number of halogens is 4. The molecule has 1 amide bonds. The first kappa shape index (κ1) is 27.6. The minimum atomic E-state index is -4.54. The SMILES string of the molecule is CS(=O)(=O)c1ccc(-c2nc3cnccn3c2NCC(=O)N2CCN(c3ncc(C(F)(F)F)cc3Cl)CC2)cc1. The van der Waals surface area contributed by atoms with Crippen molar-refractivity contribution in [2.24, 2.45) is 0 Å². The third kappa shape index (κ3) is 5.68. The van der Waals surface area contributed by atoms with E-state index in [4.69, 9.17) is 11.6 Å². The van der Waals surface area contributed by atoms with E-state index in [1.165, 1.54) is 12.1 Å². The zero-order chi connectivity index (χ0) is 28.7. The van der Waals surface area contributed by atoms with Crippen LogP contribution in [0.4, 0.5) is 24.8 Å². The van der Waals surface area contributed by atoms with E-state index >= 15 is 0 Å². The molecule has 0 unspecified atom stereocenters. The number of pyridine rings is 1. The third-order valence-electron chi connectivity index (χ3n) is 6.47. The lowest BCUT2D eigenvalue weighted by Crippen LogP contribution is -2.50. The van der Waals surface area contributed by atoms with Crippen LogP contribution in [0.3, 0.4) is 0 Å². The lowest BCUT2D eigenvalue weighted by Gasteiger charge is -2.36. The topological polar surface area (TPSA) is 113 Å². The first-order valence-electron chi connectivity index (χ1n) is 12.0. The monoisotopic (exact) mass is 593 g/mol. The minimum Gasteiger partial charge on any atom is -0.360 e. The van der Waals surface area contributed by atoms with Crippen LogP contribution in [0.2, 0.25) is 5.02 Å². The number of carbonyl (C=O) groups excluding carboxylic acids is 1. The summed E-state index contributed by atoms with van der Waals surface area (Å²) < 4.78 is 64.2. The zero-order valence-corrected chi connectivity index (χ0v) is 22.6. The molecule has 1 aromatic carbocycles. The number of alkyl halides is 3. The second kappa shape index (κ2) is 10.6. The number of benzene rings is 1. The fourth-order valence-corrected chi connectivity index (χ4v) is 5.31. The van der Waals surface area contributed by atoms with Gasteiger partial charge in [-0.25, -0.2) is 18.4 Å². The normalized spacial score (nSPS) is 14.5. The summed E-state index contributed by atoms with van der Waals surface area (Å²) in [6, 6.07) is 7.15. The average molecular weight is 594 g/mol. The van der Waals surface area contributed by atoms with Gasteiger partial charge in [-0.15, -0.1) is 0 Å². The summed E-state index contributed by atoms with van der Waals surface area (Å²) in [5.74, 6) is 0.594. The molecule has 210 valence electrons. The lowest BCUT2D eigenvalue weighted by molar-refractivity contribution is -0.137. The molecule has 0 saturated carbocycles. The maximum atomic E-state index is 13.1. The van der Waals surface area contributed by atoms with Gasteiger partial charge in [-0.2, -0.15) is 13.2 Å². The molecule has 0 bridgehead atoms. The van der Waals surface area contributed by atoms with Crippen molar-refractivity contribution < 1.29 is 26.4 Å². The van der Waals surface area contributed by atoms with E-state index in [-0.39, 0.29) is 28.2 Å². The average Bonchev–Trinajstić information content (AvgIpc) is 3.29. The van der Waals surface area contributed by atoms with Gasteiger partial charge in [0.25, 0.3) is 0 Å². The Morgan fingerprint density at radius 2 is 1.80 bits per heavy atom. The van der Waals surface area contributed by atoms with Crippen molar-refractivity contribution in [2.75, 3.05) is 49.2 Å². The van der Waals surface area contributed by atoms with Gasteiger partial charge in [0.15, 0.2) is 15.5 Å². The number of fused-ring (bicyclic) bond motifs is 1. The van der Waals surface area contributed by atoms with Gasteiger partial charge in [-0.1, -0.05) is 23.7 Å². The molecule has 0 spiro atoms. The van der Waals surface area contributed by atoms with Crippen molar-refractivity contribution in [3.63, 3.8) is 0 Å². The molecule has 5 rings (SSSR count). The molecule has 0 radical (unpaired) electrons. The van der Waals surface area contributed by atoms with Crippen LogP contribution in [0.1, 0.15) is 5.56 Å². The summed E-state index contributed by atoms with van der Waals surface area (Å²) in [7, 11) is -3.36. The molecule has 4 aromatic rings. The predicted octanol–water partition coefficient (Wildman–Crippen LogP) is 3.63. The Bertz CT molecular complexity index is 1670. The molecular formula is C25H23ClF3N7O3S. The van der Waals surface area contributed by atoms with E-state index in [9.17, 15) is 26.4 Å². The molecule has 1 N–H and O–H groups in total. The summed E-state index contributed by atoms with van der Waals surface area (Å²) >= 11 is 6.08. The van der Waals surface area contributed by atoms with Crippen molar-refractivity contribution in [2.45, 2.75) is 11.1 Å². The summed E-state index contributed by atoms with van der Waals surface area (Å²) in [4.78, 5) is 29.2. The molecule has 15 heteroatoms. The standard InChI is InChI=1S/C25H23ClF3N7O3S/c1-40(38,39)18-4-2-16(3-5-18)22-24(36-7-6-30-14-20(36)33-22)32-15-21(37)34-8-10-35(11-9-34)23-19(26)12-17(13-31-23)25(27,28)29/h2-7,12-14,32H,8-11,15H2,1H3. The van der Waals surface area contributed by atoms with Crippen molar-refractivity contribution in [3.8, 4) is 11.3 Å². The number of hydrogen-bond donors (Lipinski definition) is 1. The molecule has 0 atom stereocenters. The molecule has 10 nitrogen and oxygen atoms in total. The quantitative estimate of drug-likeness (QED) is 0.361. The van der Waals surface area contributed by atoms with Gasteiger partial charge >= 0.3 is 6.18 Å². The Balaban J connectivity index is 1.28. The van der Waals surface area contributed by atoms with Gasteiger partial charge in [0, 0.05) is 56.6 Å². The molecule has 1 aliphatic heterocycles. The number of anilines is 2. The van der Waals surface area contributed by atoms with E-state index < -0.39 is 21.6 Å². The van der Waals surface area contributed by atoms with Crippen LogP contribution in [0.5, 0.6) is 0 Å². The lowest BCUT2D eigenvalue weighted by atomic mass is 10.1. The summed E-state index contributed by atoms with van der Waals surface area (Å²) in [6.45, 7) is 1.31. The van der Waals surface area contributed by atoms with E-state index in [0.29, 0.717) is 48.9 Å². The fraction of sp³-hybridized carbons (Fsp3) is 0.280. The highest BCUT2D eigenvalue weighted by atomic mass is 35.5. The number of rotatable bonds is 6. The van der Waals surface area contributed by atoms with Crippen LogP contribution >= 0.6 is 11.6 Å². The van der Waals surface area contributed by atoms with E-state index in [1.54, 1.807) is 44.9 Å². The van der Waals surface area contributed by atoms with E-state index in [0.717, 1.165) is 18.5 Å². The number of amides is 1. The van der Waals surface area contributed by atoms with Gasteiger partial charge in [0.05, 0.1) is 28.2 Å². The maximum absolute atomic E-state index is 13.1.